The van der Waals surface area contributed by atoms with Crippen LogP contribution in [0.25, 0.3) is 0 Å². The SMILES string of the molecule is CCOC(CN(C(=O)C(Cc1ccc(Cl)cc1)NC(=O)C(CNS(=O)(=O)c1cc(OC)ccc1OC)NS(C)(=O)=O)C(C)C)OCC. The number of sulfonamides is 2. The topological polar surface area (TPSA) is 179 Å². The van der Waals surface area contributed by atoms with Gasteiger partial charge in [0.1, 0.15) is 28.5 Å². The predicted molar refractivity (Wildman–Crippen MR) is 177 cm³/mol. The number of hydrogen-bond acceptors (Lipinski definition) is 10. The maximum Gasteiger partial charge on any atom is 0.245 e. The number of hydrogen-bond donors (Lipinski definition) is 3. The molecule has 3 N–H and O–H groups in total. The van der Waals surface area contributed by atoms with Crippen LogP contribution < -0.4 is 24.2 Å². The van der Waals surface area contributed by atoms with Crippen molar-refractivity contribution < 1.29 is 45.4 Å². The van der Waals surface area contributed by atoms with Crippen molar-refractivity contribution >= 4 is 43.5 Å². The molecule has 0 spiro atoms. The van der Waals surface area contributed by atoms with Gasteiger partial charge in [0.2, 0.25) is 31.9 Å². The number of nitrogens with zero attached hydrogens (tertiary/aromatic N) is 1. The Kier molecular flexibility index (Phi) is 15.8. The standard InChI is InChI=1S/C30H45ClN4O10S2/c1-8-44-28(45-9-2)19-35(20(3)4)30(37)24(16-21-10-12-22(31)13-11-21)33-29(36)25(34-46(7,38)39)18-32-47(40,41)27-17-23(42-5)14-15-26(27)43-6/h10-15,17,20,24-25,28,32,34H,8-9,16,18-19H2,1-7H3,(H,33,36). The minimum Gasteiger partial charge on any atom is -0.497 e. The lowest BCUT2D eigenvalue weighted by atomic mass is 10.0. The van der Waals surface area contributed by atoms with Crippen molar-refractivity contribution in [2.45, 2.75) is 63.4 Å². The van der Waals surface area contributed by atoms with Gasteiger partial charge >= 0.3 is 0 Å². The summed E-state index contributed by atoms with van der Waals surface area (Å²) in [5.41, 5.74) is 0.654. The molecule has 0 aliphatic carbocycles. The molecule has 0 saturated heterocycles. The Bertz CT molecular complexity index is 1530. The van der Waals surface area contributed by atoms with Crippen LogP contribution in [0.4, 0.5) is 0 Å². The molecule has 0 heterocycles. The third kappa shape index (κ3) is 12.9. The van der Waals surface area contributed by atoms with Crippen molar-refractivity contribution in [3.8, 4) is 11.5 Å². The number of benzene rings is 2. The Hall–Kier alpha value is -2.99. The average molecular weight is 721 g/mol. The van der Waals surface area contributed by atoms with Crippen LogP contribution in [0.5, 0.6) is 11.5 Å². The van der Waals surface area contributed by atoms with Crippen molar-refractivity contribution in [2.24, 2.45) is 0 Å². The molecule has 2 rings (SSSR count). The van der Waals surface area contributed by atoms with E-state index in [0.717, 1.165) is 6.26 Å². The normalized spacial score (nSPS) is 13.3. The summed E-state index contributed by atoms with van der Waals surface area (Å²) in [6, 6.07) is 7.58. The molecule has 0 aromatic heterocycles. The molecule has 2 aromatic rings. The molecule has 2 amide bonds. The highest BCUT2D eigenvalue weighted by atomic mass is 35.5. The van der Waals surface area contributed by atoms with E-state index in [1.807, 2.05) is 0 Å². The summed E-state index contributed by atoms with van der Waals surface area (Å²) >= 11 is 6.05. The van der Waals surface area contributed by atoms with Crippen molar-refractivity contribution in [3.63, 3.8) is 0 Å². The molecule has 14 nitrogen and oxygen atoms in total. The number of carbonyl (C=O) groups excluding carboxylic acids is 2. The van der Waals surface area contributed by atoms with Crippen LogP contribution in [0, 0.1) is 0 Å². The summed E-state index contributed by atoms with van der Waals surface area (Å²) in [5.74, 6) is -1.22. The number of methoxy groups -OCH3 is 2. The summed E-state index contributed by atoms with van der Waals surface area (Å²) in [6.07, 6.45) is 0.105. The fourth-order valence-corrected chi connectivity index (χ4v) is 6.54. The van der Waals surface area contributed by atoms with E-state index >= 15 is 0 Å². The van der Waals surface area contributed by atoms with Crippen molar-refractivity contribution in [1.29, 1.82) is 0 Å². The van der Waals surface area contributed by atoms with Gasteiger partial charge in [0, 0.05) is 43.3 Å². The Morgan fingerprint density at radius 1 is 0.915 bits per heavy atom. The summed E-state index contributed by atoms with van der Waals surface area (Å²) in [7, 11) is -5.74. The predicted octanol–water partition coefficient (Wildman–Crippen LogP) is 1.92. The van der Waals surface area contributed by atoms with Gasteiger partial charge in [-0.3, -0.25) is 9.59 Å². The molecule has 264 valence electrons. The Morgan fingerprint density at radius 2 is 1.53 bits per heavy atom. The van der Waals surface area contributed by atoms with Gasteiger partial charge in [-0.25, -0.2) is 26.3 Å². The van der Waals surface area contributed by atoms with Gasteiger partial charge in [0.05, 0.1) is 27.0 Å². The molecule has 0 aliphatic heterocycles. The van der Waals surface area contributed by atoms with Crippen LogP contribution in [0.1, 0.15) is 33.3 Å². The second kappa shape index (κ2) is 18.5. The highest BCUT2D eigenvalue weighted by Crippen LogP contribution is 2.28. The molecular formula is C30H45ClN4O10S2. The summed E-state index contributed by atoms with van der Waals surface area (Å²) in [5, 5.41) is 3.11. The lowest BCUT2D eigenvalue weighted by Crippen LogP contribution is -2.59. The van der Waals surface area contributed by atoms with Gasteiger partial charge in [-0.1, -0.05) is 23.7 Å². The van der Waals surface area contributed by atoms with Crippen LogP contribution >= 0.6 is 11.6 Å². The molecule has 47 heavy (non-hydrogen) atoms. The van der Waals surface area contributed by atoms with Gasteiger partial charge in [-0.2, -0.15) is 0 Å². The number of carbonyl (C=O) groups is 2. The molecule has 0 bridgehead atoms. The fourth-order valence-electron chi connectivity index (χ4n) is 4.48. The summed E-state index contributed by atoms with van der Waals surface area (Å²) in [6.45, 7) is 7.22. The van der Waals surface area contributed by atoms with E-state index in [9.17, 15) is 26.4 Å². The van der Waals surface area contributed by atoms with E-state index < -0.39 is 56.8 Å². The Balaban J connectivity index is 2.45. The summed E-state index contributed by atoms with van der Waals surface area (Å²) in [4.78, 5) is 29.0. The van der Waals surface area contributed by atoms with Crippen LogP contribution in [0.3, 0.4) is 0 Å². The molecule has 0 saturated carbocycles. The second-order valence-corrected chi connectivity index (χ2v) is 14.6. The first kappa shape index (κ1) is 40.2. The third-order valence-corrected chi connectivity index (χ3v) is 9.15. The van der Waals surface area contributed by atoms with E-state index in [2.05, 4.69) is 14.8 Å². The lowest BCUT2D eigenvalue weighted by Gasteiger charge is -2.34. The number of amides is 2. The molecule has 2 unspecified atom stereocenters. The second-order valence-electron chi connectivity index (χ2n) is 10.6. The highest BCUT2D eigenvalue weighted by molar-refractivity contribution is 7.89. The van der Waals surface area contributed by atoms with E-state index in [-0.39, 0.29) is 35.4 Å². The quantitative estimate of drug-likeness (QED) is 0.171. The lowest BCUT2D eigenvalue weighted by molar-refractivity contribution is -0.163. The number of nitrogens with one attached hydrogen (secondary N) is 3. The Morgan fingerprint density at radius 3 is 2.04 bits per heavy atom. The smallest absolute Gasteiger partial charge is 0.245 e. The van der Waals surface area contributed by atoms with E-state index in [1.54, 1.807) is 52.0 Å². The van der Waals surface area contributed by atoms with Crippen molar-refractivity contribution in [3.05, 3.63) is 53.1 Å². The molecule has 2 aromatic carbocycles. The van der Waals surface area contributed by atoms with Gasteiger partial charge < -0.3 is 29.2 Å². The van der Waals surface area contributed by atoms with E-state index in [0.29, 0.717) is 23.8 Å². The molecule has 0 fully saturated rings. The first-order valence-corrected chi connectivity index (χ1v) is 18.6. The average Bonchev–Trinajstić information content (AvgIpc) is 3.01. The van der Waals surface area contributed by atoms with Gasteiger partial charge in [0.15, 0.2) is 6.29 Å². The van der Waals surface area contributed by atoms with Crippen molar-refractivity contribution in [1.82, 2.24) is 19.7 Å². The van der Waals surface area contributed by atoms with Gasteiger partial charge in [-0.15, -0.1) is 0 Å². The zero-order valence-electron chi connectivity index (χ0n) is 27.6. The largest absolute Gasteiger partial charge is 0.497 e. The minimum absolute atomic E-state index is 0.00446. The first-order valence-electron chi connectivity index (χ1n) is 14.8. The Labute approximate surface area is 282 Å². The van der Waals surface area contributed by atoms with Crippen LogP contribution in [-0.4, -0.2) is 105 Å². The third-order valence-electron chi connectivity index (χ3n) is 6.74. The van der Waals surface area contributed by atoms with Crippen LogP contribution in [0.15, 0.2) is 47.4 Å². The maximum absolute atomic E-state index is 14.1. The summed E-state index contributed by atoms with van der Waals surface area (Å²) < 4.78 is 77.2. The fraction of sp³-hybridized carbons (Fsp3) is 0.533. The molecule has 2 atom stereocenters. The molecular weight excluding hydrogens is 676 g/mol. The number of halogens is 1. The number of rotatable bonds is 20. The minimum atomic E-state index is -4.35. The zero-order valence-corrected chi connectivity index (χ0v) is 30.0. The molecule has 0 aliphatic rings. The number of ether oxygens (including phenoxy) is 4. The maximum atomic E-state index is 14.1. The van der Waals surface area contributed by atoms with E-state index in [4.69, 9.17) is 30.5 Å². The first-order chi connectivity index (χ1) is 22.0. The molecule has 17 heteroatoms. The van der Waals surface area contributed by atoms with Crippen LogP contribution in [-0.2, 0) is 45.5 Å². The van der Waals surface area contributed by atoms with Gasteiger partial charge in [-0.05, 0) is 57.5 Å². The monoisotopic (exact) mass is 720 g/mol. The molecule has 0 radical (unpaired) electrons. The zero-order chi connectivity index (χ0) is 35.4. The van der Waals surface area contributed by atoms with E-state index in [1.165, 1.54) is 37.3 Å². The highest BCUT2D eigenvalue weighted by Gasteiger charge is 2.33. The van der Waals surface area contributed by atoms with Gasteiger partial charge in [0.25, 0.3) is 0 Å². The van der Waals surface area contributed by atoms with Crippen LogP contribution in [0.2, 0.25) is 5.02 Å². The van der Waals surface area contributed by atoms with Crippen molar-refractivity contribution in [2.75, 3.05) is 46.8 Å².